The SMILES string of the molecule is CCOCc1ccc(CNC(=O)N2CCN(C(=O)N(C)C)CC2)cc1. The van der Waals surface area contributed by atoms with E-state index < -0.39 is 0 Å². The van der Waals surface area contributed by atoms with Crippen LogP contribution in [-0.4, -0.2) is 73.6 Å². The van der Waals surface area contributed by atoms with E-state index in [1.54, 1.807) is 28.8 Å². The largest absolute Gasteiger partial charge is 0.377 e. The zero-order chi connectivity index (χ0) is 18.2. The molecule has 0 bridgehead atoms. The van der Waals surface area contributed by atoms with Crippen molar-refractivity contribution in [2.24, 2.45) is 0 Å². The number of carbonyl (C=O) groups excluding carboxylic acids is 2. The zero-order valence-corrected chi connectivity index (χ0v) is 15.3. The average Bonchev–Trinajstić information content (AvgIpc) is 2.64. The maximum absolute atomic E-state index is 12.3. The molecule has 0 saturated carbocycles. The van der Waals surface area contributed by atoms with E-state index in [2.05, 4.69) is 5.32 Å². The van der Waals surface area contributed by atoms with Crippen LogP contribution in [0.3, 0.4) is 0 Å². The zero-order valence-electron chi connectivity index (χ0n) is 15.3. The van der Waals surface area contributed by atoms with Crippen LogP contribution in [0.1, 0.15) is 18.1 Å². The van der Waals surface area contributed by atoms with E-state index in [9.17, 15) is 9.59 Å². The molecule has 138 valence electrons. The van der Waals surface area contributed by atoms with Crippen LogP contribution in [0.4, 0.5) is 9.59 Å². The summed E-state index contributed by atoms with van der Waals surface area (Å²) < 4.78 is 5.37. The molecule has 7 heteroatoms. The van der Waals surface area contributed by atoms with Crippen molar-refractivity contribution in [3.8, 4) is 0 Å². The molecule has 0 unspecified atom stereocenters. The Hall–Kier alpha value is -2.28. The molecule has 2 rings (SSSR count). The van der Waals surface area contributed by atoms with Crippen molar-refractivity contribution in [1.29, 1.82) is 0 Å². The summed E-state index contributed by atoms with van der Waals surface area (Å²) in [4.78, 5) is 29.3. The third-order valence-corrected chi connectivity index (χ3v) is 4.16. The summed E-state index contributed by atoms with van der Waals surface area (Å²) in [6, 6.07) is 7.94. The molecule has 1 aromatic rings. The number of amides is 4. The van der Waals surface area contributed by atoms with Crippen molar-refractivity contribution in [3.63, 3.8) is 0 Å². The van der Waals surface area contributed by atoms with Crippen LogP contribution in [0.25, 0.3) is 0 Å². The first-order valence-corrected chi connectivity index (χ1v) is 8.65. The van der Waals surface area contributed by atoms with E-state index in [4.69, 9.17) is 4.74 Å². The lowest BCUT2D eigenvalue weighted by atomic mass is 10.1. The number of carbonyl (C=O) groups is 2. The highest BCUT2D eigenvalue weighted by Gasteiger charge is 2.24. The van der Waals surface area contributed by atoms with Gasteiger partial charge in [-0.05, 0) is 18.1 Å². The summed E-state index contributed by atoms with van der Waals surface area (Å²) in [5, 5.41) is 2.94. The third kappa shape index (κ3) is 5.63. The number of urea groups is 2. The molecular formula is C18H28N4O3. The molecule has 1 N–H and O–H groups in total. The van der Waals surface area contributed by atoms with E-state index in [1.807, 2.05) is 31.2 Å². The number of ether oxygens (including phenoxy) is 1. The standard InChI is InChI=1S/C18H28N4O3/c1-4-25-14-16-7-5-15(6-8-16)13-19-17(23)21-9-11-22(12-10-21)18(24)20(2)3/h5-8H,4,9-14H2,1-3H3,(H,19,23). The topological polar surface area (TPSA) is 65.1 Å². The normalized spacial score (nSPS) is 14.4. The van der Waals surface area contributed by atoms with Gasteiger partial charge in [0, 0.05) is 53.4 Å². The minimum atomic E-state index is -0.0876. The maximum Gasteiger partial charge on any atom is 0.319 e. The van der Waals surface area contributed by atoms with E-state index in [0.29, 0.717) is 45.9 Å². The molecule has 0 aromatic heterocycles. The van der Waals surface area contributed by atoms with Gasteiger partial charge in [0.1, 0.15) is 0 Å². The first kappa shape index (κ1) is 19.1. The first-order valence-electron chi connectivity index (χ1n) is 8.65. The van der Waals surface area contributed by atoms with Gasteiger partial charge in [-0.15, -0.1) is 0 Å². The van der Waals surface area contributed by atoms with E-state index >= 15 is 0 Å². The summed E-state index contributed by atoms with van der Waals surface area (Å²) in [6.45, 7) is 6.01. The lowest BCUT2D eigenvalue weighted by Gasteiger charge is -2.35. The van der Waals surface area contributed by atoms with Gasteiger partial charge in [0.2, 0.25) is 0 Å². The number of hydrogen-bond donors (Lipinski definition) is 1. The Labute approximate surface area is 149 Å². The Bertz CT molecular complexity index is 566. The fourth-order valence-corrected chi connectivity index (χ4v) is 2.65. The predicted molar refractivity (Wildman–Crippen MR) is 96.2 cm³/mol. The van der Waals surface area contributed by atoms with Crippen molar-refractivity contribution in [2.75, 3.05) is 46.9 Å². The summed E-state index contributed by atoms with van der Waals surface area (Å²) >= 11 is 0. The molecule has 1 fully saturated rings. The van der Waals surface area contributed by atoms with Crippen LogP contribution in [0.15, 0.2) is 24.3 Å². The number of rotatable bonds is 5. The minimum absolute atomic E-state index is 0.00722. The van der Waals surface area contributed by atoms with Gasteiger partial charge in [-0.3, -0.25) is 0 Å². The Morgan fingerprint density at radius 3 is 2.16 bits per heavy atom. The highest BCUT2D eigenvalue weighted by atomic mass is 16.5. The van der Waals surface area contributed by atoms with Gasteiger partial charge in [0.15, 0.2) is 0 Å². The van der Waals surface area contributed by atoms with Crippen molar-refractivity contribution >= 4 is 12.1 Å². The third-order valence-electron chi connectivity index (χ3n) is 4.16. The highest BCUT2D eigenvalue weighted by Crippen LogP contribution is 2.07. The molecule has 1 heterocycles. The second-order valence-electron chi connectivity index (χ2n) is 6.26. The lowest BCUT2D eigenvalue weighted by molar-refractivity contribution is 0.128. The second kappa shape index (κ2) is 9.27. The second-order valence-corrected chi connectivity index (χ2v) is 6.26. The molecule has 25 heavy (non-hydrogen) atoms. The molecule has 7 nitrogen and oxygen atoms in total. The minimum Gasteiger partial charge on any atom is -0.377 e. The van der Waals surface area contributed by atoms with E-state index in [1.165, 1.54) is 0 Å². The Kier molecular flexibility index (Phi) is 7.06. The van der Waals surface area contributed by atoms with Crippen LogP contribution >= 0.6 is 0 Å². The van der Waals surface area contributed by atoms with Crippen LogP contribution in [0.5, 0.6) is 0 Å². The number of nitrogens with zero attached hydrogens (tertiary/aromatic N) is 3. The van der Waals surface area contributed by atoms with Crippen LogP contribution in [0.2, 0.25) is 0 Å². The molecule has 0 aliphatic carbocycles. The van der Waals surface area contributed by atoms with Gasteiger partial charge < -0.3 is 24.8 Å². The molecule has 4 amide bonds. The van der Waals surface area contributed by atoms with Gasteiger partial charge in [-0.1, -0.05) is 24.3 Å². The summed E-state index contributed by atoms with van der Waals surface area (Å²) in [6.07, 6.45) is 0. The van der Waals surface area contributed by atoms with Gasteiger partial charge in [-0.25, -0.2) is 9.59 Å². The smallest absolute Gasteiger partial charge is 0.319 e. The molecule has 0 radical (unpaired) electrons. The monoisotopic (exact) mass is 348 g/mol. The van der Waals surface area contributed by atoms with Gasteiger partial charge in [-0.2, -0.15) is 0 Å². The van der Waals surface area contributed by atoms with Crippen molar-refractivity contribution in [1.82, 2.24) is 20.0 Å². The Balaban J connectivity index is 1.75. The molecule has 0 atom stereocenters. The quantitative estimate of drug-likeness (QED) is 0.881. The summed E-state index contributed by atoms with van der Waals surface area (Å²) in [5.74, 6) is 0. The molecule has 1 saturated heterocycles. The number of nitrogens with one attached hydrogen (secondary N) is 1. The van der Waals surface area contributed by atoms with Gasteiger partial charge in [0.25, 0.3) is 0 Å². The lowest BCUT2D eigenvalue weighted by Crippen LogP contribution is -2.54. The van der Waals surface area contributed by atoms with E-state index in [0.717, 1.165) is 11.1 Å². The van der Waals surface area contributed by atoms with Crippen molar-refractivity contribution in [3.05, 3.63) is 35.4 Å². The van der Waals surface area contributed by atoms with Crippen LogP contribution in [-0.2, 0) is 17.9 Å². The van der Waals surface area contributed by atoms with Crippen LogP contribution < -0.4 is 5.32 Å². The fourth-order valence-electron chi connectivity index (χ4n) is 2.65. The average molecular weight is 348 g/mol. The van der Waals surface area contributed by atoms with Gasteiger partial charge in [0.05, 0.1) is 6.61 Å². The molecule has 1 aromatic carbocycles. The highest BCUT2D eigenvalue weighted by molar-refractivity contribution is 5.76. The number of piperazine rings is 1. The summed E-state index contributed by atoms with van der Waals surface area (Å²) in [5.41, 5.74) is 2.17. The van der Waals surface area contributed by atoms with Crippen molar-refractivity contribution in [2.45, 2.75) is 20.1 Å². The predicted octanol–water partition coefficient (Wildman–Crippen LogP) is 1.73. The maximum atomic E-state index is 12.3. The molecule has 1 aliphatic heterocycles. The Morgan fingerprint density at radius 1 is 1.04 bits per heavy atom. The molecule has 1 aliphatic rings. The van der Waals surface area contributed by atoms with Crippen LogP contribution in [0, 0.1) is 0 Å². The fraction of sp³-hybridized carbons (Fsp3) is 0.556. The Morgan fingerprint density at radius 2 is 1.60 bits per heavy atom. The van der Waals surface area contributed by atoms with Gasteiger partial charge >= 0.3 is 12.1 Å². The number of hydrogen-bond acceptors (Lipinski definition) is 3. The molecular weight excluding hydrogens is 320 g/mol. The van der Waals surface area contributed by atoms with E-state index in [-0.39, 0.29) is 12.1 Å². The van der Waals surface area contributed by atoms with Crippen molar-refractivity contribution < 1.29 is 14.3 Å². The number of benzene rings is 1. The summed E-state index contributed by atoms with van der Waals surface area (Å²) in [7, 11) is 3.47. The first-order chi connectivity index (χ1) is 12.0. The molecule has 0 spiro atoms.